The lowest BCUT2D eigenvalue weighted by Gasteiger charge is -2.13. The summed E-state index contributed by atoms with van der Waals surface area (Å²) in [6.07, 6.45) is 0. The van der Waals surface area contributed by atoms with Crippen molar-refractivity contribution >= 4 is 19.8 Å². The van der Waals surface area contributed by atoms with E-state index in [1.807, 2.05) is 42.1 Å². The molecule has 5 heteroatoms. The standard InChI is InChI=1S/C13H18N2OSSi/c1-18(2,3)10-17-9-12-14-15-13(16-12)11-7-5-4-6-8-11/h4-8H,9-10H2,1-3H3. The van der Waals surface area contributed by atoms with Crippen LogP contribution in [0.4, 0.5) is 0 Å². The van der Waals surface area contributed by atoms with Gasteiger partial charge in [0, 0.05) is 5.56 Å². The lowest BCUT2D eigenvalue weighted by atomic mass is 10.2. The molecule has 3 nitrogen and oxygen atoms in total. The Labute approximate surface area is 113 Å². The molecule has 2 rings (SSSR count). The second kappa shape index (κ2) is 5.71. The fourth-order valence-electron chi connectivity index (χ4n) is 1.45. The third kappa shape index (κ3) is 3.99. The first-order valence-electron chi connectivity index (χ1n) is 6.00. The normalized spacial score (nSPS) is 11.7. The molecule has 0 aliphatic heterocycles. The van der Waals surface area contributed by atoms with E-state index in [1.54, 1.807) is 0 Å². The van der Waals surface area contributed by atoms with Gasteiger partial charge in [-0.05, 0) is 17.5 Å². The van der Waals surface area contributed by atoms with E-state index in [0.717, 1.165) is 17.2 Å². The molecule has 1 aromatic heterocycles. The fraction of sp³-hybridized carbons (Fsp3) is 0.385. The number of thioether (sulfide) groups is 1. The number of rotatable bonds is 5. The largest absolute Gasteiger partial charge is 0.420 e. The van der Waals surface area contributed by atoms with Crippen LogP contribution in [-0.4, -0.2) is 23.6 Å². The van der Waals surface area contributed by atoms with Gasteiger partial charge in [0.25, 0.3) is 0 Å². The summed E-state index contributed by atoms with van der Waals surface area (Å²) in [5, 5.41) is 9.39. The number of hydrogen-bond acceptors (Lipinski definition) is 4. The van der Waals surface area contributed by atoms with E-state index in [9.17, 15) is 0 Å². The Hall–Kier alpha value is -1.07. The van der Waals surface area contributed by atoms with Gasteiger partial charge in [-0.15, -0.1) is 10.2 Å². The molecule has 0 aliphatic rings. The van der Waals surface area contributed by atoms with Gasteiger partial charge in [-0.1, -0.05) is 37.8 Å². The van der Waals surface area contributed by atoms with Gasteiger partial charge in [0.2, 0.25) is 11.8 Å². The maximum absolute atomic E-state index is 5.66. The van der Waals surface area contributed by atoms with Gasteiger partial charge in [0.15, 0.2) is 0 Å². The summed E-state index contributed by atoms with van der Waals surface area (Å²) in [7, 11) is -0.995. The number of nitrogens with zero attached hydrogens (tertiary/aromatic N) is 2. The Balaban J connectivity index is 1.95. The van der Waals surface area contributed by atoms with Crippen molar-refractivity contribution in [1.29, 1.82) is 0 Å². The van der Waals surface area contributed by atoms with Crippen LogP contribution in [0.2, 0.25) is 19.6 Å². The lowest BCUT2D eigenvalue weighted by molar-refractivity contribution is 0.528. The molecule has 0 saturated carbocycles. The van der Waals surface area contributed by atoms with Gasteiger partial charge in [-0.2, -0.15) is 11.8 Å². The molecule has 0 radical (unpaired) electrons. The summed E-state index contributed by atoms with van der Waals surface area (Å²) in [5.41, 5.74) is 0.978. The van der Waals surface area contributed by atoms with Crippen LogP contribution < -0.4 is 0 Å². The Morgan fingerprint density at radius 3 is 2.50 bits per heavy atom. The first-order chi connectivity index (χ1) is 8.54. The lowest BCUT2D eigenvalue weighted by Crippen LogP contribution is -2.23. The van der Waals surface area contributed by atoms with Crippen molar-refractivity contribution in [2.45, 2.75) is 25.4 Å². The monoisotopic (exact) mass is 278 g/mol. The minimum atomic E-state index is -0.995. The molecule has 0 aliphatic carbocycles. The minimum absolute atomic E-state index is 0.610. The van der Waals surface area contributed by atoms with Crippen LogP contribution >= 0.6 is 11.8 Å². The molecule has 18 heavy (non-hydrogen) atoms. The Morgan fingerprint density at radius 1 is 1.11 bits per heavy atom. The van der Waals surface area contributed by atoms with Gasteiger partial charge in [-0.25, -0.2) is 0 Å². The molecular weight excluding hydrogens is 260 g/mol. The Kier molecular flexibility index (Phi) is 4.24. The summed E-state index contributed by atoms with van der Waals surface area (Å²) >= 11 is 1.89. The van der Waals surface area contributed by atoms with Crippen LogP contribution in [0.25, 0.3) is 11.5 Å². The molecule has 2 aromatic rings. The maximum Gasteiger partial charge on any atom is 0.247 e. The van der Waals surface area contributed by atoms with Crippen molar-refractivity contribution in [3.8, 4) is 11.5 Å². The molecule has 1 aromatic carbocycles. The van der Waals surface area contributed by atoms with Crippen LogP contribution in [0.3, 0.4) is 0 Å². The highest BCUT2D eigenvalue weighted by Gasteiger charge is 2.14. The fourth-order valence-corrected chi connectivity index (χ4v) is 4.60. The summed E-state index contributed by atoms with van der Waals surface area (Å²) < 4.78 is 5.66. The highest BCUT2D eigenvalue weighted by atomic mass is 32.2. The van der Waals surface area contributed by atoms with E-state index >= 15 is 0 Å². The molecule has 0 fully saturated rings. The Bertz CT molecular complexity index is 493. The van der Waals surface area contributed by atoms with E-state index in [2.05, 4.69) is 29.8 Å². The molecule has 0 bridgehead atoms. The molecule has 0 amide bonds. The van der Waals surface area contributed by atoms with E-state index in [1.165, 1.54) is 5.38 Å². The predicted octanol–water partition coefficient (Wildman–Crippen LogP) is 3.85. The quantitative estimate of drug-likeness (QED) is 0.779. The average molecular weight is 278 g/mol. The zero-order valence-corrected chi connectivity index (χ0v) is 12.8. The molecule has 0 spiro atoms. The zero-order valence-electron chi connectivity index (χ0n) is 11.0. The van der Waals surface area contributed by atoms with E-state index < -0.39 is 8.07 Å². The summed E-state index contributed by atoms with van der Waals surface area (Å²) in [4.78, 5) is 0. The zero-order chi connectivity index (χ0) is 13.0. The van der Waals surface area contributed by atoms with Crippen molar-refractivity contribution in [2.75, 3.05) is 5.38 Å². The van der Waals surface area contributed by atoms with Crippen molar-refractivity contribution < 1.29 is 4.42 Å². The molecule has 0 N–H and O–H groups in total. The molecule has 1 heterocycles. The van der Waals surface area contributed by atoms with Crippen molar-refractivity contribution in [2.24, 2.45) is 0 Å². The minimum Gasteiger partial charge on any atom is -0.420 e. The summed E-state index contributed by atoms with van der Waals surface area (Å²) in [6, 6.07) is 9.88. The highest BCUT2D eigenvalue weighted by molar-refractivity contribution is 8.00. The first-order valence-corrected chi connectivity index (χ1v) is 10.9. The van der Waals surface area contributed by atoms with Gasteiger partial charge in [0.1, 0.15) is 0 Å². The average Bonchev–Trinajstić information content (AvgIpc) is 2.77. The van der Waals surface area contributed by atoms with E-state index in [4.69, 9.17) is 4.42 Å². The highest BCUT2D eigenvalue weighted by Crippen LogP contribution is 2.20. The van der Waals surface area contributed by atoms with Crippen LogP contribution in [0, 0.1) is 0 Å². The second-order valence-corrected chi connectivity index (χ2v) is 12.4. The van der Waals surface area contributed by atoms with Gasteiger partial charge < -0.3 is 4.42 Å². The first kappa shape index (κ1) is 13.4. The third-order valence-corrected chi connectivity index (χ3v) is 6.98. The third-order valence-electron chi connectivity index (χ3n) is 2.25. The molecular formula is C13H18N2OSSi. The van der Waals surface area contributed by atoms with Gasteiger partial charge in [0.05, 0.1) is 13.8 Å². The summed E-state index contributed by atoms with van der Waals surface area (Å²) in [6.45, 7) is 7.09. The smallest absolute Gasteiger partial charge is 0.247 e. The number of benzene rings is 1. The van der Waals surface area contributed by atoms with Gasteiger partial charge in [-0.3, -0.25) is 0 Å². The van der Waals surface area contributed by atoms with E-state index in [-0.39, 0.29) is 0 Å². The number of aromatic nitrogens is 2. The molecule has 0 atom stereocenters. The van der Waals surface area contributed by atoms with Crippen molar-refractivity contribution in [3.63, 3.8) is 0 Å². The van der Waals surface area contributed by atoms with Gasteiger partial charge >= 0.3 is 0 Å². The van der Waals surface area contributed by atoms with Crippen molar-refractivity contribution in [1.82, 2.24) is 10.2 Å². The molecule has 0 unspecified atom stereocenters. The molecule has 96 valence electrons. The van der Waals surface area contributed by atoms with E-state index in [0.29, 0.717) is 5.89 Å². The SMILES string of the molecule is C[Si](C)(C)CSCc1nnc(-c2ccccc2)o1. The van der Waals surface area contributed by atoms with Crippen LogP contribution in [0.15, 0.2) is 34.7 Å². The van der Waals surface area contributed by atoms with Crippen LogP contribution in [-0.2, 0) is 5.75 Å². The van der Waals surface area contributed by atoms with Crippen LogP contribution in [0.1, 0.15) is 5.89 Å². The Morgan fingerprint density at radius 2 is 1.83 bits per heavy atom. The predicted molar refractivity (Wildman–Crippen MR) is 79.2 cm³/mol. The summed E-state index contributed by atoms with van der Waals surface area (Å²) in [5.74, 6) is 2.14. The maximum atomic E-state index is 5.66. The second-order valence-electron chi connectivity index (χ2n) is 5.42. The topological polar surface area (TPSA) is 38.9 Å². The molecule has 0 saturated heterocycles. The number of hydrogen-bond donors (Lipinski definition) is 0. The van der Waals surface area contributed by atoms with Crippen LogP contribution in [0.5, 0.6) is 0 Å². The van der Waals surface area contributed by atoms with Crippen molar-refractivity contribution in [3.05, 3.63) is 36.2 Å².